The number of aliphatic imine (C=N–C) groups is 1. The highest BCUT2D eigenvalue weighted by atomic mass is 16.7. The molecule has 0 bridgehead atoms. The number of carbonyl (C=O) groups is 1. The number of nitrogens with zero attached hydrogens (tertiary/aromatic N) is 1. The van der Waals surface area contributed by atoms with Crippen LogP contribution in [-0.4, -0.2) is 173 Å². The lowest BCUT2D eigenvalue weighted by Crippen LogP contribution is -2.69. The van der Waals surface area contributed by atoms with Gasteiger partial charge in [0.1, 0.15) is 67.1 Å². The van der Waals surface area contributed by atoms with Gasteiger partial charge in [-0.05, 0) is 65.9 Å². The summed E-state index contributed by atoms with van der Waals surface area (Å²) in [4.78, 5) is 17.6. The molecule has 3 aliphatic rings. The summed E-state index contributed by atoms with van der Waals surface area (Å²) in [6.07, 6.45) is -6.61. The highest BCUT2D eigenvalue weighted by molar-refractivity contribution is 5.81. The second-order valence-electron chi connectivity index (χ2n) is 15.2. The number of hydrogen-bond acceptors (Lipinski definition) is 17. The van der Waals surface area contributed by atoms with E-state index in [-0.39, 0.29) is 25.9 Å². The second kappa shape index (κ2) is 23.4. The molecule has 2 saturated heterocycles. The molecule has 1 aliphatic carbocycles. The lowest BCUT2D eigenvalue weighted by Gasteiger charge is -2.49. The molecule has 14 N–H and O–H groups in total. The first-order valence-electron chi connectivity index (χ1n) is 19.3. The van der Waals surface area contributed by atoms with E-state index in [0.29, 0.717) is 0 Å². The lowest BCUT2D eigenvalue weighted by molar-refractivity contribution is -0.335. The van der Waals surface area contributed by atoms with Crippen molar-refractivity contribution in [2.45, 2.75) is 164 Å². The van der Waals surface area contributed by atoms with Gasteiger partial charge in [-0.1, -0.05) is 28.9 Å². The smallest absolute Gasteiger partial charge is 0.249 e. The molecular formula is C38H67N5O13. The van der Waals surface area contributed by atoms with Crippen LogP contribution in [0.2, 0.25) is 0 Å². The van der Waals surface area contributed by atoms with Gasteiger partial charge in [-0.3, -0.25) is 9.79 Å². The zero-order valence-electron chi connectivity index (χ0n) is 33.2. The van der Waals surface area contributed by atoms with Crippen molar-refractivity contribution in [2.24, 2.45) is 22.2 Å². The molecule has 16 atom stereocenters. The van der Waals surface area contributed by atoms with Gasteiger partial charge in [0.05, 0.1) is 18.7 Å². The Morgan fingerprint density at radius 1 is 0.857 bits per heavy atom. The molecule has 0 radical (unpaired) electrons. The maximum Gasteiger partial charge on any atom is 0.249 e. The van der Waals surface area contributed by atoms with Crippen molar-refractivity contribution in [3.63, 3.8) is 0 Å². The van der Waals surface area contributed by atoms with E-state index in [1.807, 2.05) is 13.0 Å². The van der Waals surface area contributed by atoms with Gasteiger partial charge < -0.3 is 81.9 Å². The number of methoxy groups -OCH3 is 1. The van der Waals surface area contributed by atoms with E-state index < -0.39 is 110 Å². The summed E-state index contributed by atoms with van der Waals surface area (Å²) < 4.78 is 28.8. The number of amides is 1. The molecule has 0 spiro atoms. The summed E-state index contributed by atoms with van der Waals surface area (Å²) in [7, 11) is 1.26. The van der Waals surface area contributed by atoms with E-state index in [1.54, 1.807) is 6.21 Å². The molecule has 0 aromatic rings. The maximum atomic E-state index is 13.3. The average Bonchev–Trinajstić information content (AvgIpc) is 3.15. The van der Waals surface area contributed by atoms with Crippen LogP contribution in [0.1, 0.15) is 66.2 Å². The van der Waals surface area contributed by atoms with Gasteiger partial charge >= 0.3 is 0 Å². The molecular weight excluding hydrogens is 734 g/mol. The summed E-state index contributed by atoms with van der Waals surface area (Å²) in [6, 6.07) is -3.42. The SMILES string of the molecule is COC1C(OC2C(N)CC(NC(=O)C(O)CC/N=C/C=C(\C)CC/C=C(\C)CCC=C(C)C)C(OC3OC(CO)C(O)C(N)C3O)C2O)OC(CN)C(O)C1O. The Hall–Kier alpha value is -2.24. The number of carbonyl (C=O) groups excluding carboxylic acids is 1. The van der Waals surface area contributed by atoms with Crippen LogP contribution in [0.3, 0.4) is 0 Å². The van der Waals surface area contributed by atoms with Gasteiger partial charge in [-0.2, -0.15) is 0 Å². The standard InChI is InChI=1S/C38H67N5O13/c1-19(2)8-6-9-20(3)10-7-11-21(4)12-14-42-15-13-24(45)36(51)43-23-16-22(40)33(55-38-35(52-5)31(49)29(47)25(17-39)53-38)32(50)34(23)56-37-30(48)27(41)28(46)26(18-44)54-37/h8,10,12,14,22-35,37-38,44-50H,6-7,9,11,13,15-18,39-41H2,1-5H3,(H,43,51)/b20-10+,21-12+,42-14+. The maximum absolute atomic E-state index is 13.3. The van der Waals surface area contributed by atoms with Gasteiger partial charge in [0, 0.05) is 38.9 Å². The second-order valence-corrected chi connectivity index (χ2v) is 15.2. The monoisotopic (exact) mass is 801 g/mol. The number of aliphatic hydroxyl groups is 7. The summed E-state index contributed by atoms with van der Waals surface area (Å²) in [5.74, 6) is -0.806. The first-order chi connectivity index (χ1) is 26.5. The van der Waals surface area contributed by atoms with Crippen molar-refractivity contribution in [2.75, 3.05) is 26.8 Å². The summed E-state index contributed by atoms with van der Waals surface area (Å²) in [5.41, 5.74) is 22.0. The van der Waals surface area contributed by atoms with Crippen molar-refractivity contribution < 1.29 is 64.2 Å². The van der Waals surface area contributed by atoms with Crippen molar-refractivity contribution >= 4 is 12.1 Å². The van der Waals surface area contributed by atoms with E-state index in [1.165, 1.54) is 18.3 Å². The molecule has 18 heteroatoms. The Morgan fingerprint density at radius 2 is 1.50 bits per heavy atom. The molecule has 0 aromatic heterocycles. The highest BCUT2D eigenvalue weighted by Crippen LogP contribution is 2.32. The van der Waals surface area contributed by atoms with Gasteiger partial charge in [-0.25, -0.2) is 0 Å². The minimum atomic E-state index is -1.68. The molecule has 2 aliphatic heterocycles. The third kappa shape index (κ3) is 13.4. The number of ether oxygens (including phenoxy) is 5. The number of nitrogens with one attached hydrogen (secondary N) is 1. The molecule has 18 nitrogen and oxygen atoms in total. The Kier molecular flexibility index (Phi) is 20.1. The van der Waals surface area contributed by atoms with Crippen LogP contribution in [0.15, 0.2) is 39.9 Å². The minimum Gasteiger partial charge on any atom is -0.394 e. The van der Waals surface area contributed by atoms with Crippen molar-refractivity contribution in [3.8, 4) is 0 Å². The molecule has 1 amide bonds. The lowest BCUT2D eigenvalue weighted by atomic mass is 9.83. The largest absolute Gasteiger partial charge is 0.394 e. The first-order valence-corrected chi connectivity index (χ1v) is 19.3. The first kappa shape index (κ1) is 48.1. The van der Waals surface area contributed by atoms with E-state index in [4.69, 9.17) is 40.9 Å². The summed E-state index contributed by atoms with van der Waals surface area (Å²) in [6.45, 7) is 7.63. The molecule has 3 rings (SSSR count). The zero-order chi connectivity index (χ0) is 41.7. The van der Waals surface area contributed by atoms with Crippen LogP contribution in [0.25, 0.3) is 0 Å². The fourth-order valence-corrected chi connectivity index (χ4v) is 6.92. The van der Waals surface area contributed by atoms with Crippen LogP contribution in [0.4, 0.5) is 0 Å². The van der Waals surface area contributed by atoms with Crippen molar-refractivity contribution in [3.05, 3.63) is 34.9 Å². The van der Waals surface area contributed by atoms with E-state index in [9.17, 15) is 40.5 Å². The zero-order valence-corrected chi connectivity index (χ0v) is 33.2. The predicted octanol–water partition coefficient (Wildman–Crippen LogP) is -2.24. The topological polar surface area (TPSA) is 307 Å². The van der Waals surface area contributed by atoms with Crippen LogP contribution in [0.5, 0.6) is 0 Å². The fourth-order valence-electron chi connectivity index (χ4n) is 6.92. The molecule has 0 aromatic carbocycles. The summed E-state index contributed by atoms with van der Waals surface area (Å²) in [5, 5.41) is 77.1. The number of allylic oxidation sites excluding steroid dienone is 6. The Labute approximate surface area is 329 Å². The quantitative estimate of drug-likeness (QED) is 0.0486. The van der Waals surface area contributed by atoms with Gasteiger partial charge in [0.15, 0.2) is 12.6 Å². The molecule has 322 valence electrons. The van der Waals surface area contributed by atoms with Crippen LogP contribution in [-0.2, 0) is 28.5 Å². The number of aliphatic hydroxyl groups excluding tert-OH is 7. The Bertz CT molecular complexity index is 1330. The molecule has 56 heavy (non-hydrogen) atoms. The average molecular weight is 802 g/mol. The number of nitrogens with two attached hydrogens (primary N) is 3. The Balaban J connectivity index is 1.68. The summed E-state index contributed by atoms with van der Waals surface area (Å²) >= 11 is 0. The Morgan fingerprint density at radius 3 is 2.14 bits per heavy atom. The minimum absolute atomic E-state index is 0.0231. The van der Waals surface area contributed by atoms with E-state index in [2.05, 4.69) is 43.2 Å². The third-order valence-electron chi connectivity index (χ3n) is 10.4. The van der Waals surface area contributed by atoms with E-state index in [0.717, 1.165) is 31.3 Å². The third-order valence-corrected chi connectivity index (χ3v) is 10.4. The molecule has 3 fully saturated rings. The van der Waals surface area contributed by atoms with Gasteiger partial charge in [-0.15, -0.1) is 0 Å². The molecule has 1 saturated carbocycles. The van der Waals surface area contributed by atoms with E-state index >= 15 is 0 Å². The van der Waals surface area contributed by atoms with Gasteiger partial charge in [0.2, 0.25) is 5.91 Å². The van der Waals surface area contributed by atoms with Crippen molar-refractivity contribution in [1.82, 2.24) is 5.32 Å². The molecule has 16 unspecified atom stereocenters. The highest BCUT2D eigenvalue weighted by Gasteiger charge is 2.53. The number of hydrogen-bond donors (Lipinski definition) is 11. The van der Waals surface area contributed by atoms with Crippen molar-refractivity contribution in [1.29, 1.82) is 0 Å². The van der Waals surface area contributed by atoms with Crippen LogP contribution < -0.4 is 22.5 Å². The molecule has 2 heterocycles. The fraction of sp³-hybridized carbons (Fsp3) is 0.789. The van der Waals surface area contributed by atoms with Gasteiger partial charge in [0.25, 0.3) is 0 Å². The predicted molar refractivity (Wildman–Crippen MR) is 206 cm³/mol. The number of rotatable bonds is 19. The normalized spacial score (nSPS) is 37.7. The van der Waals surface area contributed by atoms with Crippen LogP contribution in [0, 0.1) is 0 Å². The van der Waals surface area contributed by atoms with Crippen LogP contribution >= 0.6 is 0 Å².